The summed E-state index contributed by atoms with van der Waals surface area (Å²) in [5, 5.41) is 11.9. The fourth-order valence-electron chi connectivity index (χ4n) is 2.22. The van der Waals surface area contributed by atoms with Crippen LogP contribution < -0.4 is 14.8 Å². The number of rotatable bonds is 11. The van der Waals surface area contributed by atoms with Gasteiger partial charge in [-0.2, -0.15) is 0 Å². The summed E-state index contributed by atoms with van der Waals surface area (Å²) >= 11 is 0. The lowest BCUT2D eigenvalue weighted by atomic mass is 10.2. The lowest BCUT2D eigenvalue weighted by Crippen LogP contribution is -2.20. The molecule has 0 unspecified atom stereocenters. The summed E-state index contributed by atoms with van der Waals surface area (Å²) < 4.78 is 16.5. The number of aliphatic hydroxyl groups is 1. The third kappa shape index (κ3) is 6.20. The SMILES string of the molecule is COc1cc(CNCCOCCO)ccc1OCc1ccccc1. The van der Waals surface area contributed by atoms with E-state index in [9.17, 15) is 0 Å². The van der Waals surface area contributed by atoms with E-state index < -0.39 is 0 Å². The maximum atomic E-state index is 8.63. The molecule has 130 valence electrons. The molecule has 0 aromatic heterocycles. The first-order chi connectivity index (χ1) is 11.8. The van der Waals surface area contributed by atoms with E-state index in [1.165, 1.54) is 0 Å². The second kappa shape index (κ2) is 10.6. The molecule has 0 aliphatic heterocycles. The molecule has 0 atom stereocenters. The van der Waals surface area contributed by atoms with Crippen LogP contribution in [-0.2, 0) is 17.9 Å². The van der Waals surface area contributed by atoms with Gasteiger partial charge in [0.15, 0.2) is 11.5 Å². The lowest BCUT2D eigenvalue weighted by molar-refractivity contribution is 0.0938. The van der Waals surface area contributed by atoms with Crippen molar-refractivity contribution in [3.8, 4) is 11.5 Å². The van der Waals surface area contributed by atoms with E-state index in [4.69, 9.17) is 19.3 Å². The molecule has 0 aliphatic carbocycles. The van der Waals surface area contributed by atoms with Crippen LogP contribution in [0.2, 0.25) is 0 Å². The Hall–Kier alpha value is -2.08. The Morgan fingerprint density at radius 2 is 1.79 bits per heavy atom. The van der Waals surface area contributed by atoms with E-state index in [1.54, 1.807) is 7.11 Å². The van der Waals surface area contributed by atoms with Gasteiger partial charge >= 0.3 is 0 Å². The van der Waals surface area contributed by atoms with Crippen LogP contribution >= 0.6 is 0 Å². The summed E-state index contributed by atoms with van der Waals surface area (Å²) in [7, 11) is 1.64. The normalized spacial score (nSPS) is 10.6. The zero-order valence-corrected chi connectivity index (χ0v) is 14.0. The molecule has 5 heteroatoms. The van der Waals surface area contributed by atoms with Crippen LogP contribution in [-0.4, -0.2) is 38.6 Å². The number of methoxy groups -OCH3 is 1. The predicted octanol–water partition coefficient (Wildman–Crippen LogP) is 2.37. The number of benzene rings is 2. The molecule has 0 amide bonds. The second-order valence-corrected chi connectivity index (χ2v) is 5.27. The van der Waals surface area contributed by atoms with Crippen molar-refractivity contribution in [3.05, 3.63) is 59.7 Å². The van der Waals surface area contributed by atoms with Crippen molar-refractivity contribution in [2.75, 3.05) is 33.5 Å². The molecule has 2 rings (SSSR count). The van der Waals surface area contributed by atoms with Crippen molar-refractivity contribution in [1.82, 2.24) is 5.32 Å². The highest BCUT2D eigenvalue weighted by molar-refractivity contribution is 5.43. The summed E-state index contributed by atoms with van der Waals surface area (Å²) in [6.07, 6.45) is 0. The largest absolute Gasteiger partial charge is 0.493 e. The fraction of sp³-hybridized carbons (Fsp3) is 0.368. The van der Waals surface area contributed by atoms with Crippen LogP contribution in [0.1, 0.15) is 11.1 Å². The number of hydrogen-bond donors (Lipinski definition) is 2. The molecule has 2 N–H and O–H groups in total. The van der Waals surface area contributed by atoms with Gasteiger partial charge < -0.3 is 24.6 Å². The van der Waals surface area contributed by atoms with Crippen LogP contribution in [0.15, 0.2) is 48.5 Å². The Labute approximate surface area is 143 Å². The summed E-state index contributed by atoms with van der Waals surface area (Å²) in [5.74, 6) is 1.46. The molecule has 0 bridgehead atoms. The summed E-state index contributed by atoms with van der Waals surface area (Å²) in [6.45, 7) is 2.98. The van der Waals surface area contributed by atoms with Gasteiger partial charge in [0.2, 0.25) is 0 Å². The average Bonchev–Trinajstić information content (AvgIpc) is 2.64. The quantitative estimate of drug-likeness (QED) is 0.619. The standard InChI is InChI=1S/C19H25NO4/c1-22-19-13-17(14-20-9-11-23-12-10-21)7-8-18(19)24-15-16-5-3-2-4-6-16/h2-8,13,20-21H,9-12,14-15H2,1H3. The second-order valence-electron chi connectivity index (χ2n) is 5.27. The van der Waals surface area contributed by atoms with Gasteiger partial charge in [-0.3, -0.25) is 0 Å². The lowest BCUT2D eigenvalue weighted by Gasteiger charge is -2.13. The number of aliphatic hydroxyl groups excluding tert-OH is 1. The topological polar surface area (TPSA) is 60.0 Å². The zero-order valence-electron chi connectivity index (χ0n) is 14.0. The first-order valence-electron chi connectivity index (χ1n) is 8.06. The molecule has 2 aromatic carbocycles. The monoisotopic (exact) mass is 331 g/mol. The molecule has 0 radical (unpaired) electrons. The molecule has 0 saturated heterocycles. The predicted molar refractivity (Wildman–Crippen MR) is 93.4 cm³/mol. The van der Waals surface area contributed by atoms with Crippen molar-refractivity contribution in [3.63, 3.8) is 0 Å². The minimum atomic E-state index is 0.0572. The maximum Gasteiger partial charge on any atom is 0.161 e. The van der Waals surface area contributed by atoms with E-state index in [0.29, 0.717) is 19.8 Å². The first-order valence-corrected chi connectivity index (χ1v) is 8.06. The molecule has 5 nitrogen and oxygen atoms in total. The fourth-order valence-corrected chi connectivity index (χ4v) is 2.22. The van der Waals surface area contributed by atoms with Crippen molar-refractivity contribution in [1.29, 1.82) is 0 Å². The van der Waals surface area contributed by atoms with Crippen molar-refractivity contribution >= 4 is 0 Å². The van der Waals surface area contributed by atoms with Crippen molar-refractivity contribution in [2.45, 2.75) is 13.2 Å². The highest BCUT2D eigenvalue weighted by atomic mass is 16.5. The van der Waals surface area contributed by atoms with E-state index in [-0.39, 0.29) is 6.61 Å². The van der Waals surface area contributed by atoms with Crippen LogP contribution in [0, 0.1) is 0 Å². The van der Waals surface area contributed by atoms with Gasteiger partial charge in [0.1, 0.15) is 6.61 Å². The summed E-state index contributed by atoms with van der Waals surface area (Å²) in [4.78, 5) is 0. The van der Waals surface area contributed by atoms with Gasteiger partial charge in [-0.25, -0.2) is 0 Å². The van der Waals surface area contributed by atoms with Crippen LogP contribution in [0.3, 0.4) is 0 Å². The van der Waals surface area contributed by atoms with E-state index in [1.807, 2.05) is 48.5 Å². The minimum absolute atomic E-state index is 0.0572. The average molecular weight is 331 g/mol. The Bertz CT molecular complexity index is 589. The van der Waals surface area contributed by atoms with E-state index in [0.717, 1.165) is 35.7 Å². The Morgan fingerprint density at radius 1 is 0.958 bits per heavy atom. The highest BCUT2D eigenvalue weighted by Crippen LogP contribution is 2.28. The zero-order chi connectivity index (χ0) is 17.0. The van der Waals surface area contributed by atoms with E-state index >= 15 is 0 Å². The van der Waals surface area contributed by atoms with Crippen LogP contribution in [0.5, 0.6) is 11.5 Å². The van der Waals surface area contributed by atoms with Crippen molar-refractivity contribution < 1.29 is 19.3 Å². The molecule has 0 heterocycles. The molecular weight excluding hydrogens is 306 g/mol. The summed E-state index contributed by atoms with van der Waals surface area (Å²) in [6, 6.07) is 16.0. The first kappa shape index (κ1) is 18.3. The molecular formula is C19H25NO4. The van der Waals surface area contributed by atoms with Gasteiger partial charge in [0.25, 0.3) is 0 Å². The smallest absolute Gasteiger partial charge is 0.161 e. The number of ether oxygens (including phenoxy) is 3. The Kier molecular flexibility index (Phi) is 8.10. The van der Waals surface area contributed by atoms with E-state index in [2.05, 4.69) is 5.32 Å². The number of hydrogen-bond acceptors (Lipinski definition) is 5. The molecule has 0 fully saturated rings. The van der Waals surface area contributed by atoms with Crippen LogP contribution in [0.25, 0.3) is 0 Å². The van der Waals surface area contributed by atoms with Crippen LogP contribution in [0.4, 0.5) is 0 Å². The molecule has 2 aromatic rings. The molecule has 0 spiro atoms. The Morgan fingerprint density at radius 3 is 2.54 bits per heavy atom. The number of nitrogens with one attached hydrogen (secondary N) is 1. The third-order valence-corrected chi connectivity index (χ3v) is 3.45. The molecule has 0 aliphatic rings. The molecule has 0 saturated carbocycles. The van der Waals surface area contributed by atoms with Crippen molar-refractivity contribution in [2.24, 2.45) is 0 Å². The van der Waals surface area contributed by atoms with Gasteiger partial charge in [-0.15, -0.1) is 0 Å². The maximum absolute atomic E-state index is 8.63. The summed E-state index contributed by atoms with van der Waals surface area (Å²) in [5.41, 5.74) is 2.23. The third-order valence-electron chi connectivity index (χ3n) is 3.45. The Balaban J connectivity index is 1.83. The van der Waals surface area contributed by atoms with Gasteiger partial charge in [0.05, 0.1) is 26.9 Å². The molecule has 24 heavy (non-hydrogen) atoms. The highest BCUT2D eigenvalue weighted by Gasteiger charge is 2.06. The van der Waals surface area contributed by atoms with Gasteiger partial charge in [0, 0.05) is 13.1 Å². The van der Waals surface area contributed by atoms with Gasteiger partial charge in [-0.1, -0.05) is 36.4 Å². The van der Waals surface area contributed by atoms with Gasteiger partial charge in [-0.05, 0) is 23.3 Å². The minimum Gasteiger partial charge on any atom is -0.493 e.